The van der Waals surface area contributed by atoms with E-state index in [0.717, 1.165) is 10.6 Å². The highest BCUT2D eigenvalue weighted by molar-refractivity contribution is 7.89. The fourth-order valence-electron chi connectivity index (χ4n) is 2.68. The lowest BCUT2D eigenvalue weighted by atomic mass is 10.2. The number of ether oxygens (including phenoxy) is 2. The summed E-state index contributed by atoms with van der Waals surface area (Å²) in [6.45, 7) is 2.17. The van der Waals surface area contributed by atoms with Crippen LogP contribution >= 0.6 is 11.3 Å². The van der Waals surface area contributed by atoms with Crippen molar-refractivity contribution in [2.45, 2.75) is 19.9 Å². The Kier molecular flexibility index (Phi) is 5.98. The van der Waals surface area contributed by atoms with Gasteiger partial charge in [0.2, 0.25) is 10.0 Å². The molecule has 0 radical (unpaired) electrons. The molecular formula is C17H21N3O5S2. The van der Waals surface area contributed by atoms with Gasteiger partial charge in [0.05, 0.1) is 18.6 Å². The summed E-state index contributed by atoms with van der Waals surface area (Å²) < 4.78 is 36.2. The quantitative estimate of drug-likeness (QED) is 0.747. The molecule has 1 aromatic heterocycles. The lowest BCUT2D eigenvalue weighted by Crippen LogP contribution is -2.36. The number of hydrogen-bond acceptors (Lipinski definition) is 7. The van der Waals surface area contributed by atoms with Crippen LogP contribution in [0.5, 0.6) is 11.5 Å². The first-order chi connectivity index (χ1) is 12.9. The van der Waals surface area contributed by atoms with Gasteiger partial charge in [0.25, 0.3) is 5.91 Å². The van der Waals surface area contributed by atoms with E-state index >= 15 is 0 Å². The van der Waals surface area contributed by atoms with Crippen LogP contribution in [-0.2, 0) is 27.8 Å². The van der Waals surface area contributed by atoms with E-state index in [1.807, 2.05) is 6.07 Å². The van der Waals surface area contributed by atoms with Gasteiger partial charge < -0.3 is 9.47 Å². The smallest absolute Gasteiger partial charge is 0.264 e. The Labute approximate surface area is 162 Å². The van der Waals surface area contributed by atoms with Crippen LogP contribution in [0.4, 0.5) is 5.13 Å². The maximum absolute atomic E-state index is 12.2. The van der Waals surface area contributed by atoms with Crippen molar-refractivity contribution in [3.63, 3.8) is 0 Å². The van der Waals surface area contributed by atoms with Crippen molar-refractivity contribution < 1.29 is 22.7 Å². The second kappa shape index (κ2) is 8.24. The molecule has 1 aliphatic heterocycles. The van der Waals surface area contributed by atoms with E-state index in [2.05, 4.69) is 10.3 Å². The molecule has 0 saturated heterocycles. The first kappa shape index (κ1) is 19.6. The van der Waals surface area contributed by atoms with Crippen molar-refractivity contribution in [2.24, 2.45) is 0 Å². The van der Waals surface area contributed by atoms with Crippen molar-refractivity contribution in [1.82, 2.24) is 9.29 Å². The van der Waals surface area contributed by atoms with Gasteiger partial charge in [-0.2, -0.15) is 4.31 Å². The lowest BCUT2D eigenvalue weighted by Gasteiger charge is -2.24. The summed E-state index contributed by atoms with van der Waals surface area (Å²) in [6, 6.07) is 7.07. The third-order valence-corrected chi connectivity index (χ3v) is 6.95. The second-order valence-electron chi connectivity index (χ2n) is 5.86. The zero-order valence-corrected chi connectivity index (χ0v) is 16.7. The number of benzene rings is 1. The molecule has 1 N–H and O–H groups in total. The van der Waals surface area contributed by atoms with Gasteiger partial charge in [-0.05, 0) is 19.1 Å². The predicted molar refractivity (Wildman–Crippen MR) is 103 cm³/mol. The Balaban J connectivity index is 1.60. The molecule has 146 valence electrons. The fourth-order valence-corrected chi connectivity index (χ4v) is 4.86. The summed E-state index contributed by atoms with van der Waals surface area (Å²) in [5, 5.41) is 3.16. The third kappa shape index (κ3) is 4.57. The number of thiazole rings is 1. The number of carbonyl (C=O) groups excluding carboxylic acids is 1. The molecule has 10 heteroatoms. The van der Waals surface area contributed by atoms with Gasteiger partial charge in [-0.3, -0.25) is 10.1 Å². The van der Waals surface area contributed by atoms with E-state index in [0.29, 0.717) is 36.1 Å². The monoisotopic (exact) mass is 411 g/mol. The summed E-state index contributed by atoms with van der Waals surface area (Å²) in [5.74, 6) is 0.761. The molecule has 8 nitrogen and oxygen atoms in total. The number of nitrogens with zero attached hydrogens (tertiary/aromatic N) is 2. The first-order valence-electron chi connectivity index (χ1n) is 8.45. The van der Waals surface area contributed by atoms with E-state index in [-0.39, 0.29) is 18.3 Å². The van der Waals surface area contributed by atoms with Crippen LogP contribution in [0.3, 0.4) is 0 Å². The van der Waals surface area contributed by atoms with Gasteiger partial charge in [0, 0.05) is 24.4 Å². The van der Waals surface area contributed by atoms with E-state index < -0.39 is 10.0 Å². The number of nitrogens with one attached hydrogen (secondary N) is 1. The Hall–Kier alpha value is -2.17. The molecule has 1 aliphatic rings. The number of para-hydroxylation sites is 2. The Morgan fingerprint density at radius 2 is 2.07 bits per heavy atom. The first-order valence-corrected chi connectivity index (χ1v) is 10.9. The van der Waals surface area contributed by atoms with Crippen LogP contribution in [-0.4, -0.2) is 49.6 Å². The number of hydrogen-bond donors (Lipinski definition) is 1. The molecule has 0 bridgehead atoms. The minimum absolute atomic E-state index is 0.0744. The highest BCUT2D eigenvalue weighted by Crippen LogP contribution is 2.30. The summed E-state index contributed by atoms with van der Waals surface area (Å²) in [6.07, 6.45) is 0.540. The van der Waals surface area contributed by atoms with Crippen LogP contribution in [0, 0.1) is 0 Å². The zero-order valence-electron chi connectivity index (χ0n) is 15.1. The number of fused-ring (bicyclic) bond motifs is 1. The van der Waals surface area contributed by atoms with Crippen molar-refractivity contribution in [2.75, 3.05) is 31.3 Å². The highest BCUT2D eigenvalue weighted by atomic mass is 32.2. The van der Waals surface area contributed by atoms with E-state index in [4.69, 9.17) is 9.47 Å². The van der Waals surface area contributed by atoms with Gasteiger partial charge in [-0.15, -0.1) is 11.3 Å². The molecule has 2 heterocycles. The molecule has 0 aliphatic carbocycles. The molecule has 0 atom stereocenters. The molecule has 3 rings (SSSR count). The highest BCUT2D eigenvalue weighted by Gasteiger charge is 2.28. The lowest BCUT2D eigenvalue weighted by molar-refractivity contribution is -0.118. The van der Waals surface area contributed by atoms with E-state index in [1.165, 1.54) is 22.8 Å². The van der Waals surface area contributed by atoms with Crippen molar-refractivity contribution in [3.05, 3.63) is 34.8 Å². The molecule has 0 unspecified atom stereocenters. The van der Waals surface area contributed by atoms with Crippen molar-refractivity contribution in [1.29, 1.82) is 0 Å². The molecule has 27 heavy (non-hydrogen) atoms. The molecule has 1 aromatic carbocycles. The number of rotatable bonds is 7. The topological polar surface area (TPSA) is 97.8 Å². The number of aromatic nitrogens is 1. The SMILES string of the molecule is CCS(=O)(=O)N1CCc2nc(NC(=O)COc3ccccc3OC)sc2C1. The number of carbonyl (C=O) groups is 1. The number of sulfonamides is 1. The largest absolute Gasteiger partial charge is 0.493 e. The van der Waals surface area contributed by atoms with Gasteiger partial charge in [-0.1, -0.05) is 12.1 Å². The molecule has 0 saturated carbocycles. The normalized spacial score (nSPS) is 14.4. The average molecular weight is 412 g/mol. The van der Waals surface area contributed by atoms with E-state index in [9.17, 15) is 13.2 Å². The van der Waals surface area contributed by atoms with Gasteiger partial charge in [0.15, 0.2) is 23.2 Å². The Morgan fingerprint density at radius 1 is 1.33 bits per heavy atom. The maximum atomic E-state index is 12.2. The Morgan fingerprint density at radius 3 is 2.78 bits per heavy atom. The van der Waals surface area contributed by atoms with Crippen LogP contribution in [0.2, 0.25) is 0 Å². The summed E-state index contributed by atoms with van der Waals surface area (Å²) >= 11 is 1.29. The minimum atomic E-state index is -3.23. The van der Waals surface area contributed by atoms with Gasteiger partial charge in [-0.25, -0.2) is 13.4 Å². The van der Waals surface area contributed by atoms with Gasteiger partial charge in [0.1, 0.15) is 0 Å². The van der Waals surface area contributed by atoms with Crippen molar-refractivity contribution >= 4 is 32.4 Å². The van der Waals surface area contributed by atoms with Crippen LogP contribution in [0.25, 0.3) is 0 Å². The average Bonchev–Trinajstić information content (AvgIpc) is 3.07. The Bertz CT molecular complexity index is 926. The minimum Gasteiger partial charge on any atom is -0.493 e. The van der Waals surface area contributed by atoms with E-state index in [1.54, 1.807) is 25.1 Å². The number of amides is 1. The van der Waals surface area contributed by atoms with Crippen molar-refractivity contribution in [3.8, 4) is 11.5 Å². The zero-order chi connectivity index (χ0) is 19.4. The maximum Gasteiger partial charge on any atom is 0.264 e. The van der Waals surface area contributed by atoms with Crippen LogP contribution in [0.1, 0.15) is 17.5 Å². The number of methoxy groups -OCH3 is 1. The molecule has 1 amide bonds. The summed E-state index contributed by atoms with van der Waals surface area (Å²) in [5.41, 5.74) is 0.837. The van der Waals surface area contributed by atoms with Crippen LogP contribution in [0.15, 0.2) is 24.3 Å². The fraction of sp³-hybridized carbons (Fsp3) is 0.412. The van der Waals surface area contributed by atoms with Gasteiger partial charge >= 0.3 is 0 Å². The third-order valence-electron chi connectivity index (χ3n) is 4.13. The molecule has 2 aromatic rings. The summed E-state index contributed by atoms with van der Waals surface area (Å²) in [7, 11) is -1.70. The molecular weight excluding hydrogens is 390 g/mol. The standard InChI is InChI=1S/C17H21N3O5S2/c1-3-27(22,23)20-9-8-12-15(10-20)26-17(18-12)19-16(21)11-25-14-7-5-4-6-13(14)24-2/h4-7H,3,8-11H2,1-2H3,(H,18,19,21). The molecule has 0 fully saturated rings. The number of anilines is 1. The predicted octanol–water partition coefficient (Wildman–Crippen LogP) is 1.88. The van der Waals surface area contributed by atoms with Crippen LogP contribution < -0.4 is 14.8 Å². The summed E-state index contributed by atoms with van der Waals surface area (Å²) in [4.78, 5) is 17.4. The molecule has 0 spiro atoms. The second-order valence-corrected chi connectivity index (χ2v) is 9.20.